The molecular weight excluding hydrogens is 346 g/mol. The van der Waals surface area contributed by atoms with Crippen LogP contribution in [0, 0.1) is 0 Å². The molecule has 1 aromatic heterocycles. The topological polar surface area (TPSA) is 90.3 Å². The first-order chi connectivity index (χ1) is 13.0. The third-order valence-corrected chi connectivity index (χ3v) is 4.04. The SMILES string of the molecule is CCOC(=O)c1ccc(NC(=O)c2nc3ccccc3n(CC)c2=O)cc1. The van der Waals surface area contributed by atoms with Gasteiger partial charge in [-0.25, -0.2) is 9.78 Å². The van der Waals surface area contributed by atoms with Crippen LogP contribution in [0.4, 0.5) is 5.69 Å². The zero-order valence-corrected chi connectivity index (χ0v) is 15.1. The summed E-state index contributed by atoms with van der Waals surface area (Å²) in [5, 5.41) is 2.65. The third-order valence-electron chi connectivity index (χ3n) is 4.04. The Hall–Kier alpha value is -3.48. The first kappa shape index (κ1) is 18.3. The van der Waals surface area contributed by atoms with Crippen molar-refractivity contribution in [3.05, 3.63) is 70.1 Å². The molecule has 7 nitrogen and oxygen atoms in total. The third kappa shape index (κ3) is 3.72. The summed E-state index contributed by atoms with van der Waals surface area (Å²) in [6, 6.07) is 13.4. The van der Waals surface area contributed by atoms with Crippen LogP contribution in [-0.4, -0.2) is 28.0 Å². The Balaban J connectivity index is 1.89. The second-order valence-electron chi connectivity index (χ2n) is 5.75. The summed E-state index contributed by atoms with van der Waals surface area (Å²) in [6.07, 6.45) is 0. The number of amides is 1. The van der Waals surface area contributed by atoms with E-state index in [9.17, 15) is 14.4 Å². The summed E-state index contributed by atoms with van der Waals surface area (Å²) >= 11 is 0. The molecule has 0 radical (unpaired) electrons. The number of nitrogens with zero attached hydrogens (tertiary/aromatic N) is 2. The van der Waals surface area contributed by atoms with Gasteiger partial charge in [-0.1, -0.05) is 12.1 Å². The van der Waals surface area contributed by atoms with Crippen molar-refractivity contribution < 1.29 is 14.3 Å². The van der Waals surface area contributed by atoms with Gasteiger partial charge in [-0.05, 0) is 50.2 Å². The van der Waals surface area contributed by atoms with Gasteiger partial charge in [-0.15, -0.1) is 0 Å². The van der Waals surface area contributed by atoms with Crippen molar-refractivity contribution in [1.29, 1.82) is 0 Å². The molecule has 7 heteroatoms. The van der Waals surface area contributed by atoms with Crippen molar-refractivity contribution in [1.82, 2.24) is 9.55 Å². The van der Waals surface area contributed by atoms with Gasteiger partial charge < -0.3 is 14.6 Å². The molecule has 138 valence electrons. The molecule has 1 N–H and O–H groups in total. The van der Waals surface area contributed by atoms with Crippen molar-refractivity contribution in [2.45, 2.75) is 20.4 Å². The summed E-state index contributed by atoms with van der Waals surface area (Å²) < 4.78 is 6.43. The van der Waals surface area contributed by atoms with Crippen molar-refractivity contribution in [2.24, 2.45) is 0 Å². The molecule has 0 aliphatic carbocycles. The lowest BCUT2D eigenvalue weighted by atomic mass is 10.2. The van der Waals surface area contributed by atoms with Gasteiger partial charge in [0.15, 0.2) is 5.69 Å². The molecule has 0 atom stereocenters. The molecule has 2 aromatic carbocycles. The second kappa shape index (κ2) is 7.82. The fourth-order valence-electron chi connectivity index (χ4n) is 2.75. The number of nitrogens with one attached hydrogen (secondary N) is 1. The van der Waals surface area contributed by atoms with Gasteiger partial charge in [0.1, 0.15) is 0 Å². The van der Waals surface area contributed by atoms with Crippen LogP contribution < -0.4 is 10.9 Å². The number of ether oxygens (including phenoxy) is 1. The number of aryl methyl sites for hydroxylation is 1. The number of rotatable bonds is 5. The fourth-order valence-corrected chi connectivity index (χ4v) is 2.75. The average molecular weight is 365 g/mol. The number of hydrogen-bond acceptors (Lipinski definition) is 5. The van der Waals surface area contributed by atoms with Gasteiger partial charge in [-0.3, -0.25) is 9.59 Å². The van der Waals surface area contributed by atoms with Crippen LogP contribution >= 0.6 is 0 Å². The van der Waals surface area contributed by atoms with Crippen molar-refractivity contribution in [3.8, 4) is 0 Å². The Morgan fingerprint density at radius 3 is 2.44 bits per heavy atom. The Morgan fingerprint density at radius 2 is 1.78 bits per heavy atom. The van der Waals surface area contributed by atoms with E-state index in [0.29, 0.717) is 28.8 Å². The summed E-state index contributed by atoms with van der Waals surface area (Å²) in [5.41, 5.74) is 1.46. The summed E-state index contributed by atoms with van der Waals surface area (Å²) in [6.45, 7) is 4.28. The van der Waals surface area contributed by atoms with Crippen molar-refractivity contribution in [2.75, 3.05) is 11.9 Å². The lowest BCUT2D eigenvalue weighted by Crippen LogP contribution is -2.31. The highest BCUT2D eigenvalue weighted by atomic mass is 16.5. The molecule has 1 amide bonds. The predicted octanol–water partition coefficient (Wildman–Crippen LogP) is 2.85. The maximum Gasteiger partial charge on any atom is 0.338 e. The van der Waals surface area contributed by atoms with Crippen LogP contribution in [-0.2, 0) is 11.3 Å². The molecule has 0 spiro atoms. The molecule has 0 fully saturated rings. The van der Waals surface area contributed by atoms with Crippen LogP contribution in [0.5, 0.6) is 0 Å². The Kier molecular flexibility index (Phi) is 5.30. The second-order valence-corrected chi connectivity index (χ2v) is 5.75. The zero-order chi connectivity index (χ0) is 19.4. The van der Waals surface area contributed by atoms with Gasteiger partial charge in [0, 0.05) is 12.2 Å². The molecule has 3 rings (SSSR count). The maximum atomic E-state index is 12.6. The molecule has 0 aliphatic rings. The summed E-state index contributed by atoms with van der Waals surface area (Å²) in [4.78, 5) is 41.1. The van der Waals surface area contributed by atoms with Crippen LogP contribution in [0.1, 0.15) is 34.7 Å². The quantitative estimate of drug-likeness (QED) is 0.702. The highest BCUT2D eigenvalue weighted by Crippen LogP contribution is 2.13. The summed E-state index contributed by atoms with van der Waals surface area (Å²) in [5.74, 6) is -1.03. The largest absolute Gasteiger partial charge is 0.462 e. The molecule has 27 heavy (non-hydrogen) atoms. The fraction of sp³-hybridized carbons (Fsp3) is 0.200. The monoisotopic (exact) mass is 365 g/mol. The van der Waals surface area contributed by atoms with E-state index in [2.05, 4.69) is 10.3 Å². The first-order valence-electron chi connectivity index (χ1n) is 8.63. The number of carbonyl (C=O) groups excluding carboxylic acids is 2. The van der Waals surface area contributed by atoms with Crippen molar-refractivity contribution >= 4 is 28.6 Å². The number of hydrogen-bond donors (Lipinski definition) is 1. The standard InChI is InChI=1S/C20H19N3O4/c1-3-23-16-8-6-5-7-15(16)22-17(19(23)25)18(24)21-14-11-9-13(10-12-14)20(26)27-4-2/h5-12H,3-4H2,1-2H3,(H,21,24). The minimum atomic E-state index is -0.600. The van der Waals surface area contributed by atoms with Gasteiger partial charge >= 0.3 is 5.97 Å². The van der Waals surface area contributed by atoms with Crippen molar-refractivity contribution in [3.63, 3.8) is 0 Å². The molecule has 0 saturated carbocycles. The van der Waals surface area contributed by atoms with Crippen LogP contribution in [0.3, 0.4) is 0 Å². The molecule has 0 aliphatic heterocycles. The Bertz CT molecular complexity index is 1060. The average Bonchev–Trinajstić information content (AvgIpc) is 2.68. The molecule has 0 bridgehead atoms. The number of benzene rings is 2. The minimum absolute atomic E-state index is 0.176. The lowest BCUT2D eigenvalue weighted by Gasteiger charge is -2.10. The van der Waals surface area contributed by atoms with Crippen LogP contribution in [0.25, 0.3) is 11.0 Å². The highest BCUT2D eigenvalue weighted by Gasteiger charge is 2.17. The molecule has 3 aromatic rings. The maximum absolute atomic E-state index is 12.6. The van der Waals surface area contributed by atoms with E-state index in [4.69, 9.17) is 4.74 Å². The Morgan fingerprint density at radius 1 is 1.07 bits per heavy atom. The van der Waals surface area contributed by atoms with E-state index < -0.39 is 17.4 Å². The number of fused-ring (bicyclic) bond motifs is 1. The smallest absolute Gasteiger partial charge is 0.338 e. The molecule has 0 unspecified atom stereocenters. The lowest BCUT2D eigenvalue weighted by molar-refractivity contribution is 0.0526. The molecule has 1 heterocycles. The molecular formula is C20H19N3O4. The summed E-state index contributed by atoms with van der Waals surface area (Å²) in [7, 11) is 0. The van der Waals surface area contributed by atoms with E-state index in [1.54, 1.807) is 49.4 Å². The van der Waals surface area contributed by atoms with Crippen LogP contribution in [0.2, 0.25) is 0 Å². The van der Waals surface area contributed by atoms with E-state index in [-0.39, 0.29) is 12.3 Å². The Labute approximate surface area is 155 Å². The number of carbonyl (C=O) groups is 2. The zero-order valence-electron chi connectivity index (χ0n) is 15.1. The predicted molar refractivity (Wildman–Crippen MR) is 102 cm³/mol. The van der Waals surface area contributed by atoms with E-state index in [1.165, 1.54) is 4.57 Å². The van der Waals surface area contributed by atoms with E-state index in [0.717, 1.165) is 0 Å². The number of para-hydroxylation sites is 2. The van der Waals surface area contributed by atoms with Gasteiger partial charge in [0.25, 0.3) is 11.5 Å². The van der Waals surface area contributed by atoms with E-state index in [1.807, 2.05) is 13.0 Å². The minimum Gasteiger partial charge on any atom is -0.462 e. The van der Waals surface area contributed by atoms with Gasteiger partial charge in [0.05, 0.1) is 23.2 Å². The number of anilines is 1. The van der Waals surface area contributed by atoms with Gasteiger partial charge in [0.2, 0.25) is 0 Å². The number of esters is 1. The normalized spacial score (nSPS) is 10.6. The van der Waals surface area contributed by atoms with Crippen LogP contribution in [0.15, 0.2) is 53.3 Å². The van der Waals surface area contributed by atoms with E-state index >= 15 is 0 Å². The van der Waals surface area contributed by atoms with Gasteiger partial charge in [-0.2, -0.15) is 0 Å². The number of aromatic nitrogens is 2. The molecule has 0 saturated heterocycles. The first-order valence-corrected chi connectivity index (χ1v) is 8.63. The highest BCUT2D eigenvalue weighted by molar-refractivity contribution is 6.03.